The van der Waals surface area contributed by atoms with Crippen LogP contribution in [0, 0.1) is 0 Å². The van der Waals surface area contributed by atoms with Crippen LogP contribution < -0.4 is 0 Å². The average Bonchev–Trinajstić information content (AvgIpc) is 2.12. The summed E-state index contributed by atoms with van der Waals surface area (Å²) in [6.45, 7) is 0.0674. The Labute approximate surface area is 105 Å². The molecule has 0 saturated carbocycles. The Kier molecular flexibility index (Phi) is 5.21. The average molecular weight is 344 g/mol. The molecule has 0 aromatic heterocycles. The predicted octanol–water partition coefficient (Wildman–Crippen LogP) is 3.57. The summed E-state index contributed by atoms with van der Waals surface area (Å²) in [6.07, 6.45) is -13.7. The van der Waals surface area contributed by atoms with E-state index in [9.17, 15) is 44.1 Å². The molecule has 14 heteroatoms. The van der Waals surface area contributed by atoms with E-state index in [1.807, 2.05) is 0 Å². The monoisotopic (exact) mass is 344 g/mol. The lowest BCUT2D eigenvalue weighted by Crippen LogP contribution is -2.61. The largest absolute Gasteiger partial charge is 0.477 e. The maximum Gasteiger partial charge on any atom is 0.477 e. The molecule has 1 unspecified atom stereocenters. The molecule has 0 saturated heterocycles. The smallest absolute Gasteiger partial charge is 0.302 e. The van der Waals surface area contributed by atoms with E-state index in [4.69, 9.17) is 4.89 Å². The Bertz CT molecular complexity index is 392. The van der Waals surface area contributed by atoms with Gasteiger partial charge in [-0.2, -0.15) is 39.5 Å². The van der Waals surface area contributed by atoms with Gasteiger partial charge in [0.05, 0.1) is 6.61 Å². The van der Waals surface area contributed by atoms with Crippen molar-refractivity contribution in [3.63, 3.8) is 0 Å². The predicted molar refractivity (Wildman–Crippen MR) is 43.4 cm³/mol. The lowest BCUT2D eigenvalue weighted by Gasteiger charge is -2.33. The lowest BCUT2D eigenvalue weighted by atomic mass is 10.1. The van der Waals surface area contributed by atoms with Crippen LogP contribution in [0.15, 0.2) is 0 Å². The summed E-state index contributed by atoms with van der Waals surface area (Å²) in [5.41, 5.74) is 0. The highest BCUT2D eigenvalue weighted by Crippen LogP contribution is 2.58. The molecule has 0 amide bonds. The highest BCUT2D eigenvalue weighted by atomic mass is 31.2. The molecule has 20 heavy (non-hydrogen) atoms. The van der Waals surface area contributed by atoms with Gasteiger partial charge in [-0.15, -0.1) is 0 Å². The van der Waals surface area contributed by atoms with Crippen LogP contribution in [0.5, 0.6) is 0 Å². The zero-order valence-electron chi connectivity index (χ0n) is 9.23. The van der Waals surface area contributed by atoms with Crippen molar-refractivity contribution in [3.05, 3.63) is 0 Å². The minimum atomic E-state index is -7.21. The molecule has 0 radical (unpaired) electrons. The summed E-state index contributed by atoms with van der Waals surface area (Å²) in [6, 6.07) is 0. The first kappa shape index (κ1) is 19.5. The van der Waals surface area contributed by atoms with Gasteiger partial charge in [-0.1, -0.05) is 0 Å². The second-order valence-corrected chi connectivity index (χ2v) is 4.52. The number of alkyl halides is 9. The Morgan fingerprint density at radius 1 is 0.950 bits per heavy atom. The first-order chi connectivity index (χ1) is 8.52. The lowest BCUT2D eigenvalue weighted by molar-refractivity contribution is -0.430. The van der Waals surface area contributed by atoms with E-state index < -0.39 is 38.6 Å². The Balaban J connectivity index is 5.53. The second kappa shape index (κ2) is 5.35. The molecule has 0 aliphatic carbocycles. The molecular formula is C6H6F9O4P. The van der Waals surface area contributed by atoms with E-state index in [2.05, 4.69) is 9.05 Å². The van der Waals surface area contributed by atoms with E-state index in [0.29, 0.717) is 0 Å². The molecule has 0 aliphatic rings. The molecule has 0 fully saturated rings. The third-order valence-corrected chi connectivity index (χ3v) is 2.68. The van der Waals surface area contributed by atoms with Crippen LogP contribution in [0.2, 0.25) is 0 Å². The normalized spacial score (nSPS) is 17.9. The summed E-state index contributed by atoms with van der Waals surface area (Å²) in [4.78, 5) is 8.45. The molecule has 122 valence electrons. The summed E-state index contributed by atoms with van der Waals surface area (Å²) < 4.78 is 127. The van der Waals surface area contributed by atoms with Crippen molar-refractivity contribution in [2.75, 3.05) is 6.61 Å². The van der Waals surface area contributed by atoms with E-state index in [0.717, 1.165) is 6.92 Å². The molecule has 0 heterocycles. The van der Waals surface area contributed by atoms with Gasteiger partial charge in [-0.05, 0) is 6.92 Å². The van der Waals surface area contributed by atoms with Crippen LogP contribution in [0.4, 0.5) is 39.5 Å². The van der Waals surface area contributed by atoms with Crippen molar-refractivity contribution in [3.8, 4) is 0 Å². The summed E-state index contributed by atoms with van der Waals surface area (Å²) in [5.74, 6) is -14.4. The molecule has 0 bridgehead atoms. The fourth-order valence-corrected chi connectivity index (χ4v) is 1.54. The van der Waals surface area contributed by atoms with Crippen molar-refractivity contribution in [1.82, 2.24) is 0 Å². The van der Waals surface area contributed by atoms with Crippen LogP contribution >= 0.6 is 7.82 Å². The minimum Gasteiger partial charge on any atom is -0.302 e. The van der Waals surface area contributed by atoms with Crippen molar-refractivity contribution >= 4 is 7.82 Å². The first-order valence-corrected chi connectivity index (χ1v) is 5.89. The molecule has 1 N–H and O–H groups in total. The van der Waals surface area contributed by atoms with Crippen molar-refractivity contribution in [2.45, 2.75) is 31.1 Å². The highest BCUT2D eigenvalue weighted by molar-refractivity contribution is 7.47. The van der Waals surface area contributed by atoms with E-state index >= 15 is 0 Å². The highest BCUT2D eigenvalue weighted by Gasteiger charge is 2.83. The molecule has 4 nitrogen and oxygen atoms in total. The first-order valence-electron chi connectivity index (χ1n) is 4.40. The van der Waals surface area contributed by atoms with E-state index in [1.54, 1.807) is 0 Å². The fourth-order valence-electron chi connectivity index (χ4n) is 0.752. The molecule has 0 aromatic carbocycles. The van der Waals surface area contributed by atoms with Crippen molar-refractivity contribution in [2.24, 2.45) is 0 Å². The Hall–Kier alpha value is -0.520. The minimum absolute atomic E-state index is 0.842. The number of hydrogen-bond donors (Lipinski definition) is 1. The van der Waals surface area contributed by atoms with Gasteiger partial charge in [-0.25, -0.2) is 9.09 Å². The van der Waals surface area contributed by atoms with Crippen LogP contribution in [0.25, 0.3) is 0 Å². The zero-order valence-corrected chi connectivity index (χ0v) is 10.1. The van der Waals surface area contributed by atoms with Gasteiger partial charge in [0.1, 0.15) is 0 Å². The Morgan fingerprint density at radius 2 is 1.35 bits per heavy atom. The third-order valence-electron chi connectivity index (χ3n) is 1.64. The van der Waals surface area contributed by atoms with Gasteiger partial charge < -0.3 is 4.89 Å². The molecule has 0 rings (SSSR count). The molecule has 1 atom stereocenters. The quantitative estimate of drug-likeness (QED) is 0.591. The van der Waals surface area contributed by atoms with Gasteiger partial charge in [0.15, 0.2) is 0 Å². The molecule has 0 spiro atoms. The number of phosphoric ester groups is 1. The van der Waals surface area contributed by atoms with Gasteiger partial charge in [0, 0.05) is 0 Å². The maximum atomic E-state index is 12.7. The van der Waals surface area contributed by atoms with Gasteiger partial charge >= 0.3 is 32.0 Å². The van der Waals surface area contributed by atoms with Crippen LogP contribution in [-0.4, -0.2) is 35.6 Å². The van der Waals surface area contributed by atoms with Crippen molar-refractivity contribution < 1.29 is 58.0 Å². The molecular weight excluding hydrogens is 338 g/mol. The molecule has 0 aliphatic heterocycles. The van der Waals surface area contributed by atoms with Crippen LogP contribution in [-0.2, 0) is 13.6 Å². The summed E-state index contributed by atoms with van der Waals surface area (Å²) in [5, 5.41) is 0. The fraction of sp³-hybridized carbons (Fsp3) is 1.00. The second-order valence-electron chi connectivity index (χ2n) is 3.14. The zero-order chi connectivity index (χ0) is 16.6. The van der Waals surface area contributed by atoms with Crippen LogP contribution in [0.1, 0.15) is 6.92 Å². The third kappa shape index (κ3) is 3.57. The topological polar surface area (TPSA) is 55.8 Å². The summed E-state index contributed by atoms with van der Waals surface area (Å²) >= 11 is 0. The maximum absolute atomic E-state index is 12.7. The number of rotatable bonds is 6. The van der Waals surface area contributed by atoms with Crippen molar-refractivity contribution in [1.29, 1.82) is 0 Å². The van der Waals surface area contributed by atoms with E-state index in [1.165, 1.54) is 0 Å². The number of hydrogen-bond acceptors (Lipinski definition) is 3. The molecule has 0 aromatic rings. The standard InChI is InChI=1S/C6H6F9O4P/c1-2-18-20(16,17)19-6(14,15)4(9,10)3(7,8)5(11,12)13/h2H2,1H3,(H,16,17). The Morgan fingerprint density at radius 3 is 1.65 bits per heavy atom. The number of phosphoric acid groups is 1. The van der Waals surface area contributed by atoms with Gasteiger partial charge in [-0.3, -0.25) is 4.52 Å². The van der Waals surface area contributed by atoms with Crippen LogP contribution in [0.3, 0.4) is 0 Å². The van der Waals surface area contributed by atoms with Gasteiger partial charge in [0.25, 0.3) is 0 Å². The SMILES string of the molecule is CCOP(=O)(O)OC(F)(F)C(F)(F)C(F)(F)C(F)(F)F. The summed E-state index contributed by atoms with van der Waals surface area (Å²) in [7, 11) is -5.96. The van der Waals surface area contributed by atoms with E-state index in [-0.39, 0.29) is 0 Å². The number of halogens is 9. The van der Waals surface area contributed by atoms with Gasteiger partial charge in [0.2, 0.25) is 0 Å².